The van der Waals surface area contributed by atoms with Crippen LogP contribution in [0.3, 0.4) is 0 Å². The minimum atomic E-state index is -3.97. The van der Waals surface area contributed by atoms with Gasteiger partial charge in [-0.2, -0.15) is 8.42 Å². The zero-order chi connectivity index (χ0) is 16.9. The molecule has 1 aromatic rings. The summed E-state index contributed by atoms with van der Waals surface area (Å²) in [5, 5.41) is 16.3. The van der Waals surface area contributed by atoms with Crippen LogP contribution in [0.5, 0.6) is 0 Å². The molecule has 1 aliphatic heterocycles. The summed E-state index contributed by atoms with van der Waals surface area (Å²) in [6.07, 6.45) is 7.28. The Kier molecular flexibility index (Phi) is 5.04. The Morgan fingerprint density at radius 1 is 1.26 bits per heavy atom. The van der Waals surface area contributed by atoms with Gasteiger partial charge in [-0.25, -0.2) is 5.06 Å². The van der Waals surface area contributed by atoms with Crippen LogP contribution < -0.4 is 5.32 Å². The number of allylic oxidation sites excluding steroid dienone is 3. The van der Waals surface area contributed by atoms with E-state index < -0.39 is 10.0 Å². The van der Waals surface area contributed by atoms with Crippen LogP contribution in [0.4, 0.5) is 5.69 Å². The number of rotatable bonds is 4. The Labute approximate surface area is 133 Å². The summed E-state index contributed by atoms with van der Waals surface area (Å²) < 4.78 is 27.3. The molecule has 1 aromatic carbocycles. The number of carbonyl (C=O) groups excluding carboxylic acids is 1. The van der Waals surface area contributed by atoms with Crippen molar-refractivity contribution in [1.82, 2.24) is 5.06 Å². The van der Waals surface area contributed by atoms with Gasteiger partial charge in [0.25, 0.3) is 10.0 Å². The van der Waals surface area contributed by atoms with Crippen molar-refractivity contribution in [3.8, 4) is 0 Å². The van der Waals surface area contributed by atoms with Crippen molar-refractivity contribution in [2.45, 2.75) is 11.8 Å². The van der Waals surface area contributed by atoms with Crippen molar-refractivity contribution in [1.29, 1.82) is 0 Å². The van der Waals surface area contributed by atoms with Gasteiger partial charge in [-0.3, -0.25) is 10.0 Å². The average molecular weight is 334 g/mol. The molecule has 0 bridgehead atoms. The van der Waals surface area contributed by atoms with Gasteiger partial charge in [0.15, 0.2) is 0 Å². The quantitative estimate of drug-likeness (QED) is 0.821. The van der Waals surface area contributed by atoms with Gasteiger partial charge in [0.05, 0.1) is 16.8 Å². The minimum Gasteiger partial charge on any atom is -0.326 e. The van der Waals surface area contributed by atoms with E-state index in [4.69, 9.17) is 0 Å². The molecule has 8 nitrogen and oxygen atoms in total. The number of hydroxylamine groups is 2. The van der Waals surface area contributed by atoms with Crippen molar-refractivity contribution in [2.75, 3.05) is 5.32 Å². The summed E-state index contributed by atoms with van der Waals surface area (Å²) in [6.45, 7) is 1.35. The highest BCUT2D eigenvalue weighted by molar-refractivity contribution is 7.90. The molecule has 0 radical (unpaired) electrons. The van der Waals surface area contributed by atoms with E-state index in [0.717, 1.165) is 11.3 Å². The third kappa shape index (κ3) is 4.59. The molecule has 0 atom stereocenters. The lowest BCUT2D eigenvalue weighted by Gasteiger charge is -2.13. The first kappa shape index (κ1) is 16.6. The first-order chi connectivity index (χ1) is 10.9. The lowest BCUT2D eigenvalue weighted by atomic mass is 10.3. The standard InChI is InChI=1S/C14H14N4O4S/c1-11(19)16-12-5-7-14(8-6-12)23(21,22)17-15-10-13-4-2-3-9-18(13)20/h2-10,20H,1H3,(H,16,19). The largest absolute Gasteiger partial charge is 0.326 e. The SMILES string of the molecule is CC(=O)Nc1ccc(S(=O)(=O)N=NC=C2C=CC=CN2O)cc1. The minimum absolute atomic E-state index is 0.0614. The molecule has 0 aliphatic carbocycles. The molecule has 1 amide bonds. The van der Waals surface area contributed by atoms with Crippen LogP contribution in [0.15, 0.2) is 75.1 Å². The Balaban J connectivity index is 2.14. The molecular formula is C14H14N4O4S. The van der Waals surface area contributed by atoms with Gasteiger partial charge in [-0.15, -0.1) is 5.11 Å². The molecule has 9 heteroatoms. The summed E-state index contributed by atoms with van der Waals surface area (Å²) in [6, 6.07) is 5.53. The highest BCUT2D eigenvalue weighted by Crippen LogP contribution is 2.17. The van der Waals surface area contributed by atoms with Crippen molar-refractivity contribution in [3.63, 3.8) is 0 Å². The number of benzene rings is 1. The lowest BCUT2D eigenvalue weighted by Crippen LogP contribution is -2.10. The molecule has 0 unspecified atom stereocenters. The van der Waals surface area contributed by atoms with Crippen LogP contribution in [-0.4, -0.2) is 24.6 Å². The summed E-state index contributed by atoms with van der Waals surface area (Å²) in [4.78, 5) is 10.8. The van der Waals surface area contributed by atoms with Crippen molar-refractivity contribution in [3.05, 3.63) is 60.6 Å². The number of nitrogens with one attached hydrogen (secondary N) is 1. The summed E-state index contributed by atoms with van der Waals surface area (Å²) in [5.74, 6) is -0.255. The first-order valence-corrected chi connectivity index (χ1v) is 7.90. The number of carbonyl (C=O) groups is 1. The Bertz CT molecular complexity index is 808. The van der Waals surface area contributed by atoms with Crippen molar-refractivity contribution < 1.29 is 18.4 Å². The maximum Gasteiger partial charge on any atom is 0.299 e. The van der Waals surface area contributed by atoms with E-state index in [2.05, 4.69) is 15.0 Å². The molecule has 0 saturated carbocycles. The monoisotopic (exact) mass is 334 g/mol. The predicted molar refractivity (Wildman–Crippen MR) is 82.8 cm³/mol. The van der Waals surface area contributed by atoms with Gasteiger partial charge in [0.1, 0.15) is 0 Å². The van der Waals surface area contributed by atoms with E-state index in [1.165, 1.54) is 43.5 Å². The summed E-state index contributed by atoms with van der Waals surface area (Å²) in [5.41, 5.74) is 0.748. The van der Waals surface area contributed by atoms with Gasteiger partial charge in [-0.05, 0) is 36.4 Å². The number of hydrogen-bond donors (Lipinski definition) is 2. The van der Waals surface area contributed by atoms with Crippen molar-refractivity contribution in [2.24, 2.45) is 9.63 Å². The number of sulfonamides is 1. The highest BCUT2D eigenvalue weighted by Gasteiger charge is 2.12. The molecule has 120 valence electrons. The molecule has 0 spiro atoms. The molecule has 23 heavy (non-hydrogen) atoms. The lowest BCUT2D eigenvalue weighted by molar-refractivity contribution is -0.114. The Morgan fingerprint density at radius 2 is 1.96 bits per heavy atom. The summed E-state index contributed by atoms with van der Waals surface area (Å²) >= 11 is 0. The third-order valence-electron chi connectivity index (χ3n) is 2.69. The van der Waals surface area contributed by atoms with Crippen LogP contribution >= 0.6 is 0 Å². The van der Waals surface area contributed by atoms with E-state index in [1.54, 1.807) is 12.2 Å². The number of amides is 1. The fraction of sp³-hybridized carbons (Fsp3) is 0.0714. The second kappa shape index (κ2) is 6.99. The second-order valence-corrected chi connectivity index (χ2v) is 6.06. The average Bonchev–Trinajstić information content (AvgIpc) is 2.49. The van der Waals surface area contributed by atoms with Crippen LogP contribution in [0.2, 0.25) is 0 Å². The molecule has 1 aliphatic rings. The van der Waals surface area contributed by atoms with E-state index in [9.17, 15) is 18.4 Å². The topological polar surface area (TPSA) is 111 Å². The first-order valence-electron chi connectivity index (χ1n) is 6.46. The van der Waals surface area contributed by atoms with Gasteiger partial charge in [0, 0.05) is 18.8 Å². The number of hydrogen-bond acceptors (Lipinski definition) is 6. The molecule has 0 saturated heterocycles. The van der Waals surface area contributed by atoms with E-state index in [-0.39, 0.29) is 16.5 Å². The maximum absolute atomic E-state index is 12.0. The number of anilines is 1. The van der Waals surface area contributed by atoms with E-state index in [0.29, 0.717) is 5.69 Å². The highest BCUT2D eigenvalue weighted by atomic mass is 32.2. The van der Waals surface area contributed by atoms with Crippen LogP contribution in [0.25, 0.3) is 0 Å². The van der Waals surface area contributed by atoms with Crippen LogP contribution in [0, 0.1) is 0 Å². The third-order valence-corrected chi connectivity index (χ3v) is 3.86. The van der Waals surface area contributed by atoms with Gasteiger partial charge < -0.3 is 5.32 Å². The normalized spacial score (nSPS) is 16.3. The van der Waals surface area contributed by atoms with Gasteiger partial charge in [-0.1, -0.05) is 10.6 Å². The predicted octanol–water partition coefficient (Wildman–Crippen LogP) is 2.40. The molecule has 1 heterocycles. The maximum atomic E-state index is 12.0. The van der Waals surface area contributed by atoms with Crippen molar-refractivity contribution >= 4 is 21.6 Å². The zero-order valence-corrected chi connectivity index (χ0v) is 12.9. The molecule has 2 N–H and O–H groups in total. The van der Waals surface area contributed by atoms with E-state index >= 15 is 0 Å². The summed E-state index contributed by atoms with van der Waals surface area (Å²) in [7, 11) is -3.97. The van der Waals surface area contributed by atoms with Gasteiger partial charge in [0.2, 0.25) is 5.91 Å². The van der Waals surface area contributed by atoms with Crippen LogP contribution in [-0.2, 0) is 14.8 Å². The van der Waals surface area contributed by atoms with Crippen LogP contribution in [0.1, 0.15) is 6.92 Å². The zero-order valence-electron chi connectivity index (χ0n) is 12.1. The van der Waals surface area contributed by atoms with Gasteiger partial charge >= 0.3 is 0 Å². The fourth-order valence-corrected chi connectivity index (χ4v) is 2.40. The second-order valence-electron chi connectivity index (χ2n) is 4.48. The molecule has 0 fully saturated rings. The number of nitrogens with zero attached hydrogens (tertiary/aromatic N) is 3. The fourth-order valence-electron chi connectivity index (χ4n) is 1.66. The van der Waals surface area contributed by atoms with E-state index in [1.807, 2.05) is 0 Å². The molecule has 2 rings (SSSR count). The Morgan fingerprint density at radius 3 is 2.57 bits per heavy atom. The molecule has 0 aromatic heterocycles. The Hall–Kier alpha value is -2.78. The smallest absolute Gasteiger partial charge is 0.299 e. The molecular weight excluding hydrogens is 320 g/mol.